The van der Waals surface area contributed by atoms with E-state index >= 15 is 0 Å². The Bertz CT molecular complexity index is 342. The van der Waals surface area contributed by atoms with E-state index in [1.807, 2.05) is 7.05 Å². The van der Waals surface area contributed by atoms with Gasteiger partial charge in [0.2, 0.25) is 0 Å². The van der Waals surface area contributed by atoms with Crippen molar-refractivity contribution in [3.8, 4) is 0 Å². The molecule has 0 atom stereocenters. The monoisotopic (exact) mass is 203 g/mol. The van der Waals surface area contributed by atoms with Crippen molar-refractivity contribution < 1.29 is 0 Å². The van der Waals surface area contributed by atoms with Gasteiger partial charge in [-0.25, -0.2) is 0 Å². The van der Waals surface area contributed by atoms with Crippen molar-refractivity contribution in [3.05, 3.63) is 36.7 Å². The summed E-state index contributed by atoms with van der Waals surface area (Å²) >= 11 is 0. The van der Waals surface area contributed by atoms with E-state index in [-0.39, 0.29) is 0 Å². The molecule has 1 aromatic carbocycles. The van der Waals surface area contributed by atoms with Crippen molar-refractivity contribution in [2.75, 3.05) is 37.4 Å². The van der Waals surface area contributed by atoms with E-state index in [1.54, 1.807) is 0 Å². The van der Waals surface area contributed by atoms with Gasteiger partial charge >= 0.3 is 0 Å². The molecule has 15 heavy (non-hydrogen) atoms. The molecule has 0 radical (unpaired) electrons. The van der Waals surface area contributed by atoms with Crippen LogP contribution in [0.15, 0.2) is 36.7 Å². The van der Waals surface area contributed by atoms with Crippen molar-refractivity contribution in [1.82, 2.24) is 4.90 Å². The minimum atomic E-state index is 1.05. The van der Waals surface area contributed by atoms with Gasteiger partial charge in [0.05, 0.1) is 0 Å². The first-order valence-electron chi connectivity index (χ1n) is 5.22. The Kier molecular flexibility index (Phi) is 2.81. The van der Waals surface area contributed by atoms with Gasteiger partial charge in [0.1, 0.15) is 0 Å². The third-order valence-corrected chi connectivity index (χ3v) is 2.68. The van der Waals surface area contributed by atoms with E-state index in [0.29, 0.717) is 0 Å². The summed E-state index contributed by atoms with van der Waals surface area (Å²) < 4.78 is 0. The van der Waals surface area contributed by atoms with E-state index in [4.69, 9.17) is 0 Å². The van der Waals surface area contributed by atoms with Crippen LogP contribution in [0.4, 0.5) is 11.4 Å². The third-order valence-electron chi connectivity index (χ3n) is 2.68. The van der Waals surface area contributed by atoms with Crippen LogP contribution in [0, 0.1) is 0 Å². The lowest BCUT2D eigenvalue weighted by Crippen LogP contribution is -2.32. The number of hydrogen-bond donors (Lipinski definition) is 1. The molecule has 0 amide bonds. The average molecular weight is 203 g/mol. The Balaban J connectivity index is 2.12. The largest absolute Gasteiger partial charge is 0.388 e. The predicted molar refractivity (Wildman–Crippen MR) is 65.1 cm³/mol. The van der Waals surface area contributed by atoms with Gasteiger partial charge < -0.3 is 15.1 Å². The number of anilines is 2. The highest BCUT2D eigenvalue weighted by Gasteiger charge is 2.07. The van der Waals surface area contributed by atoms with Crippen molar-refractivity contribution >= 4 is 11.4 Å². The molecule has 3 heteroatoms. The highest BCUT2D eigenvalue weighted by molar-refractivity contribution is 5.56. The summed E-state index contributed by atoms with van der Waals surface area (Å²) in [4.78, 5) is 4.46. The topological polar surface area (TPSA) is 18.5 Å². The Labute approximate surface area is 91.0 Å². The SMILES string of the molecule is CNc1ccc(N2C=CN(C)CC2)cc1. The highest BCUT2D eigenvalue weighted by atomic mass is 15.2. The lowest BCUT2D eigenvalue weighted by Gasteiger charge is -2.28. The first kappa shape index (κ1) is 9.90. The molecule has 1 aliphatic rings. The maximum atomic E-state index is 3.12. The number of nitrogens with one attached hydrogen (secondary N) is 1. The zero-order valence-electron chi connectivity index (χ0n) is 9.27. The molecule has 1 aromatic rings. The number of nitrogens with zero attached hydrogens (tertiary/aromatic N) is 2. The smallest absolute Gasteiger partial charge is 0.0408 e. The standard InChI is InChI=1S/C12H17N3/c1-13-11-3-5-12(6-4-11)15-9-7-14(2)8-10-15/h3-7,9,13H,8,10H2,1-2H3. The molecule has 1 N–H and O–H groups in total. The summed E-state index contributed by atoms with van der Waals surface area (Å²) in [7, 11) is 4.03. The average Bonchev–Trinajstić information content (AvgIpc) is 2.30. The molecule has 3 nitrogen and oxygen atoms in total. The van der Waals surface area contributed by atoms with Crippen LogP contribution in [-0.2, 0) is 0 Å². The Morgan fingerprint density at radius 2 is 1.80 bits per heavy atom. The molecule has 0 aliphatic carbocycles. The van der Waals surface area contributed by atoms with Crippen LogP contribution in [0.1, 0.15) is 0 Å². The van der Waals surface area contributed by atoms with E-state index < -0.39 is 0 Å². The minimum absolute atomic E-state index is 1.05. The second-order valence-electron chi connectivity index (χ2n) is 3.77. The van der Waals surface area contributed by atoms with Crippen LogP contribution in [0.3, 0.4) is 0 Å². The van der Waals surface area contributed by atoms with Gasteiger partial charge in [0.15, 0.2) is 0 Å². The van der Waals surface area contributed by atoms with E-state index in [1.165, 1.54) is 5.69 Å². The zero-order chi connectivity index (χ0) is 10.7. The molecule has 0 bridgehead atoms. The van der Waals surface area contributed by atoms with Crippen LogP contribution in [0.5, 0.6) is 0 Å². The van der Waals surface area contributed by atoms with Gasteiger partial charge in [-0.2, -0.15) is 0 Å². The lowest BCUT2D eigenvalue weighted by molar-refractivity contribution is 0.446. The van der Waals surface area contributed by atoms with Crippen LogP contribution >= 0.6 is 0 Å². The Hall–Kier alpha value is -1.64. The fraction of sp³-hybridized carbons (Fsp3) is 0.333. The molecule has 1 aliphatic heterocycles. The third kappa shape index (κ3) is 2.24. The fourth-order valence-corrected chi connectivity index (χ4v) is 1.64. The molecule has 0 aromatic heterocycles. The zero-order valence-corrected chi connectivity index (χ0v) is 9.27. The Morgan fingerprint density at radius 3 is 2.33 bits per heavy atom. The van der Waals surface area contributed by atoms with Crippen LogP contribution in [0.25, 0.3) is 0 Å². The van der Waals surface area contributed by atoms with Crippen molar-refractivity contribution in [2.45, 2.75) is 0 Å². The van der Waals surface area contributed by atoms with Gasteiger partial charge in [0.25, 0.3) is 0 Å². The first-order valence-corrected chi connectivity index (χ1v) is 5.22. The normalized spacial score (nSPS) is 15.6. The second-order valence-corrected chi connectivity index (χ2v) is 3.77. The molecule has 0 spiro atoms. The van der Waals surface area contributed by atoms with Gasteiger partial charge in [-0.3, -0.25) is 0 Å². The van der Waals surface area contributed by atoms with Crippen molar-refractivity contribution in [1.29, 1.82) is 0 Å². The highest BCUT2D eigenvalue weighted by Crippen LogP contribution is 2.19. The lowest BCUT2D eigenvalue weighted by atomic mass is 10.2. The van der Waals surface area contributed by atoms with E-state index in [2.05, 4.69) is 58.8 Å². The van der Waals surface area contributed by atoms with Gasteiger partial charge in [0, 0.05) is 51.0 Å². The van der Waals surface area contributed by atoms with Crippen molar-refractivity contribution in [2.24, 2.45) is 0 Å². The summed E-state index contributed by atoms with van der Waals surface area (Å²) in [6, 6.07) is 8.48. The number of benzene rings is 1. The number of hydrogen-bond acceptors (Lipinski definition) is 3. The van der Waals surface area contributed by atoms with Gasteiger partial charge in [-0.05, 0) is 24.3 Å². The fourth-order valence-electron chi connectivity index (χ4n) is 1.64. The van der Waals surface area contributed by atoms with E-state index in [9.17, 15) is 0 Å². The summed E-state index contributed by atoms with van der Waals surface area (Å²) in [5.41, 5.74) is 2.40. The van der Waals surface area contributed by atoms with Crippen LogP contribution < -0.4 is 10.2 Å². The summed E-state index contributed by atoms with van der Waals surface area (Å²) in [6.45, 7) is 2.12. The molecule has 1 heterocycles. The Morgan fingerprint density at radius 1 is 1.07 bits per heavy atom. The predicted octanol–water partition coefficient (Wildman–Crippen LogP) is 1.95. The molecule has 2 rings (SSSR count). The first-order chi connectivity index (χ1) is 7.29. The molecule has 80 valence electrons. The van der Waals surface area contributed by atoms with Gasteiger partial charge in [-0.1, -0.05) is 0 Å². The molecule has 0 saturated heterocycles. The maximum Gasteiger partial charge on any atom is 0.0408 e. The molecule has 0 unspecified atom stereocenters. The van der Waals surface area contributed by atoms with E-state index in [0.717, 1.165) is 18.8 Å². The van der Waals surface area contributed by atoms with Crippen LogP contribution in [0.2, 0.25) is 0 Å². The van der Waals surface area contributed by atoms with Crippen molar-refractivity contribution in [3.63, 3.8) is 0 Å². The quantitative estimate of drug-likeness (QED) is 0.792. The molecule has 0 fully saturated rings. The second kappa shape index (κ2) is 4.26. The number of likely N-dealkylation sites (N-methyl/N-ethyl adjacent to an activating group) is 1. The van der Waals surface area contributed by atoms with Crippen LogP contribution in [-0.4, -0.2) is 32.1 Å². The minimum Gasteiger partial charge on any atom is -0.388 e. The molecule has 0 saturated carbocycles. The summed E-state index contributed by atoms with van der Waals surface area (Å²) in [6.07, 6.45) is 4.23. The number of rotatable bonds is 2. The summed E-state index contributed by atoms with van der Waals surface area (Å²) in [5.74, 6) is 0. The molecular weight excluding hydrogens is 186 g/mol. The maximum absolute atomic E-state index is 3.12. The molecular formula is C12H17N3. The van der Waals surface area contributed by atoms with Gasteiger partial charge in [-0.15, -0.1) is 0 Å². The summed E-state index contributed by atoms with van der Waals surface area (Å²) in [5, 5.41) is 3.12.